The lowest BCUT2D eigenvalue weighted by molar-refractivity contribution is -0.144. The highest BCUT2D eigenvalue weighted by Crippen LogP contribution is 2.50. The summed E-state index contributed by atoms with van der Waals surface area (Å²) < 4.78 is 37.2. The zero-order valence-electron chi connectivity index (χ0n) is 17.5. The van der Waals surface area contributed by atoms with E-state index < -0.39 is 9.84 Å². The predicted molar refractivity (Wildman–Crippen MR) is 118 cm³/mol. The fourth-order valence-electron chi connectivity index (χ4n) is 4.48. The van der Waals surface area contributed by atoms with Gasteiger partial charge >= 0.3 is 0 Å². The van der Waals surface area contributed by atoms with Crippen LogP contribution in [0.3, 0.4) is 0 Å². The van der Waals surface area contributed by atoms with Gasteiger partial charge in [-0.05, 0) is 25.8 Å². The first-order valence-electron chi connectivity index (χ1n) is 10.1. The van der Waals surface area contributed by atoms with E-state index in [1.807, 2.05) is 18.5 Å². The average Bonchev–Trinajstić information content (AvgIpc) is 3.29. The van der Waals surface area contributed by atoms with E-state index in [0.29, 0.717) is 19.2 Å². The molecule has 2 aromatic rings. The Balaban J connectivity index is 1.43. The van der Waals surface area contributed by atoms with E-state index in [-0.39, 0.29) is 17.5 Å². The van der Waals surface area contributed by atoms with Crippen LogP contribution in [0.2, 0.25) is 4.34 Å². The van der Waals surface area contributed by atoms with Gasteiger partial charge in [-0.3, -0.25) is 9.58 Å². The standard InChI is InChI=1S/C20H28ClN3O4S2/c1-14-9-20(19-16(8-18(21)29-19)17(27-2)13-28-20)4-5-23(14)11-15-10-22-24(12-15)6-7-30(3,25)26/h8,10,12,14,17H,4-7,9,11,13H2,1-3H3. The average molecular weight is 474 g/mol. The van der Waals surface area contributed by atoms with E-state index in [4.69, 9.17) is 21.1 Å². The number of likely N-dealkylation sites (tertiary alicyclic amines) is 1. The van der Waals surface area contributed by atoms with Crippen LogP contribution in [0.25, 0.3) is 0 Å². The van der Waals surface area contributed by atoms with Gasteiger partial charge in [0.2, 0.25) is 0 Å². The molecule has 0 saturated carbocycles. The molecule has 10 heteroatoms. The summed E-state index contributed by atoms with van der Waals surface area (Å²) in [5.41, 5.74) is 1.97. The molecule has 7 nitrogen and oxygen atoms in total. The van der Waals surface area contributed by atoms with E-state index in [9.17, 15) is 8.42 Å². The van der Waals surface area contributed by atoms with Crippen LogP contribution in [0.15, 0.2) is 18.5 Å². The summed E-state index contributed by atoms with van der Waals surface area (Å²) in [6, 6.07) is 2.35. The predicted octanol–water partition coefficient (Wildman–Crippen LogP) is 3.24. The number of halogens is 1. The van der Waals surface area contributed by atoms with Crippen molar-refractivity contribution in [3.8, 4) is 0 Å². The number of aromatic nitrogens is 2. The monoisotopic (exact) mass is 473 g/mol. The number of nitrogens with zero attached hydrogens (tertiary/aromatic N) is 3. The molecule has 4 heterocycles. The Kier molecular flexibility index (Phi) is 6.31. The van der Waals surface area contributed by atoms with E-state index in [1.54, 1.807) is 23.1 Å². The van der Waals surface area contributed by atoms with Gasteiger partial charge in [0.25, 0.3) is 0 Å². The molecule has 0 bridgehead atoms. The van der Waals surface area contributed by atoms with Gasteiger partial charge in [0.15, 0.2) is 0 Å². The third kappa shape index (κ3) is 4.61. The zero-order valence-corrected chi connectivity index (χ0v) is 19.9. The van der Waals surface area contributed by atoms with Crippen molar-refractivity contribution in [2.75, 3.05) is 32.3 Å². The number of hydrogen-bond donors (Lipinski definition) is 0. The normalized spacial score (nSPS) is 27.5. The van der Waals surface area contributed by atoms with Gasteiger partial charge in [-0.25, -0.2) is 8.42 Å². The van der Waals surface area contributed by atoms with Crippen LogP contribution in [0, 0.1) is 0 Å². The molecule has 1 saturated heterocycles. The number of rotatable bonds is 6. The summed E-state index contributed by atoms with van der Waals surface area (Å²) in [7, 11) is -1.29. The summed E-state index contributed by atoms with van der Waals surface area (Å²) in [4.78, 5) is 3.65. The van der Waals surface area contributed by atoms with Crippen molar-refractivity contribution < 1.29 is 17.9 Å². The minimum absolute atomic E-state index is 0.0551. The summed E-state index contributed by atoms with van der Waals surface area (Å²) in [6.07, 6.45) is 6.77. The number of fused-ring (bicyclic) bond motifs is 2. The molecule has 0 aliphatic carbocycles. The Morgan fingerprint density at radius 1 is 1.47 bits per heavy atom. The highest BCUT2D eigenvalue weighted by Gasteiger charge is 2.47. The third-order valence-corrected chi connectivity index (χ3v) is 8.49. The number of sulfone groups is 1. The molecule has 0 N–H and O–H groups in total. The molecule has 2 aromatic heterocycles. The molecule has 2 aliphatic rings. The molecular weight excluding hydrogens is 446 g/mol. The molecular formula is C20H28ClN3O4S2. The lowest BCUT2D eigenvalue weighted by Gasteiger charge is -2.48. The summed E-state index contributed by atoms with van der Waals surface area (Å²) >= 11 is 7.97. The Labute approximate surface area is 186 Å². The number of hydrogen-bond acceptors (Lipinski definition) is 7. The fourth-order valence-corrected chi connectivity index (χ4v) is 6.47. The maximum Gasteiger partial charge on any atom is 0.149 e. The van der Waals surface area contributed by atoms with Crippen molar-refractivity contribution >= 4 is 32.8 Å². The minimum Gasteiger partial charge on any atom is -0.374 e. The topological polar surface area (TPSA) is 73.7 Å². The molecule has 3 atom stereocenters. The quantitative estimate of drug-likeness (QED) is 0.641. The number of piperidine rings is 1. The molecule has 166 valence electrons. The maximum atomic E-state index is 11.4. The molecule has 0 amide bonds. The summed E-state index contributed by atoms with van der Waals surface area (Å²) in [6.45, 7) is 4.86. The second-order valence-electron chi connectivity index (χ2n) is 8.38. The lowest BCUT2D eigenvalue weighted by atomic mass is 9.81. The van der Waals surface area contributed by atoms with Crippen molar-refractivity contribution in [1.29, 1.82) is 0 Å². The third-order valence-electron chi connectivity index (χ3n) is 6.10. The highest BCUT2D eigenvalue weighted by molar-refractivity contribution is 7.90. The van der Waals surface area contributed by atoms with Crippen molar-refractivity contribution in [3.05, 3.63) is 38.8 Å². The lowest BCUT2D eigenvalue weighted by Crippen LogP contribution is -2.50. The largest absolute Gasteiger partial charge is 0.374 e. The van der Waals surface area contributed by atoms with E-state index in [0.717, 1.165) is 35.8 Å². The van der Waals surface area contributed by atoms with Crippen LogP contribution in [0.5, 0.6) is 0 Å². The van der Waals surface area contributed by atoms with Gasteiger partial charge in [-0.2, -0.15) is 5.10 Å². The van der Waals surface area contributed by atoms with E-state index >= 15 is 0 Å². The molecule has 30 heavy (non-hydrogen) atoms. The van der Waals surface area contributed by atoms with Crippen molar-refractivity contribution in [3.63, 3.8) is 0 Å². The number of methoxy groups -OCH3 is 1. The molecule has 1 spiro atoms. The Morgan fingerprint density at radius 3 is 2.97 bits per heavy atom. The van der Waals surface area contributed by atoms with Gasteiger partial charge in [0.1, 0.15) is 21.5 Å². The highest BCUT2D eigenvalue weighted by atomic mass is 35.5. The molecule has 2 aliphatic heterocycles. The van der Waals surface area contributed by atoms with E-state index in [2.05, 4.69) is 16.9 Å². The first-order valence-corrected chi connectivity index (χ1v) is 13.3. The summed E-state index contributed by atoms with van der Waals surface area (Å²) in [5.74, 6) is 0.0995. The zero-order chi connectivity index (χ0) is 21.5. The van der Waals surface area contributed by atoms with Crippen molar-refractivity contribution in [2.45, 2.75) is 50.6 Å². The fraction of sp³-hybridized carbons (Fsp3) is 0.650. The van der Waals surface area contributed by atoms with Crippen molar-refractivity contribution in [1.82, 2.24) is 14.7 Å². The molecule has 1 fully saturated rings. The minimum atomic E-state index is -3.00. The SMILES string of the molecule is COC1COC2(CCN(Cc3cnn(CCS(C)(=O)=O)c3)C(C)C2)c2sc(Cl)cc21. The van der Waals surface area contributed by atoms with Gasteiger partial charge in [-0.1, -0.05) is 11.6 Å². The van der Waals surface area contributed by atoms with Gasteiger partial charge in [0, 0.05) is 54.7 Å². The number of aryl methyl sites for hydroxylation is 1. The molecule has 0 radical (unpaired) electrons. The second-order valence-corrected chi connectivity index (χ2v) is 12.3. The smallest absolute Gasteiger partial charge is 0.149 e. The van der Waals surface area contributed by atoms with Crippen LogP contribution in [0.1, 0.15) is 41.9 Å². The molecule has 4 rings (SSSR count). The Bertz CT molecular complexity index is 1010. The van der Waals surface area contributed by atoms with Gasteiger partial charge in [-0.15, -0.1) is 11.3 Å². The number of ether oxygens (including phenoxy) is 2. The first kappa shape index (κ1) is 22.2. The summed E-state index contributed by atoms with van der Waals surface area (Å²) in [5, 5.41) is 4.32. The van der Waals surface area contributed by atoms with Crippen LogP contribution in [-0.4, -0.2) is 61.4 Å². The van der Waals surface area contributed by atoms with Crippen LogP contribution < -0.4 is 0 Å². The van der Waals surface area contributed by atoms with E-state index in [1.165, 1.54) is 16.7 Å². The molecule has 3 unspecified atom stereocenters. The first-order chi connectivity index (χ1) is 14.2. The molecule has 0 aromatic carbocycles. The van der Waals surface area contributed by atoms with Gasteiger partial charge in [0.05, 0.1) is 29.4 Å². The Hall–Kier alpha value is -0.970. The number of thiophene rings is 1. The van der Waals surface area contributed by atoms with Crippen molar-refractivity contribution in [2.24, 2.45) is 0 Å². The van der Waals surface area contributed by atoms with Crippen LogP contribution in [-0.2, 0) is 38.0 Å². The second kappa shape index (κ2) is 8.52. The maximum absolute atomic E-state index is 11.4. The van der Waals surface area contributed by atoms with Crippen LogP contribution in [0.4, 0.5) is 0 Å². The Morgan fingerprint density at radius 2 is 2.27 bits per heavy atom. The van der Waals surface area contributed by atoms with Gasteiger partial charge < -0.3 is 9.47 Å². The van der Waals surface area contributed by atoms with Crippen LogP contribution >= 0.6 is 22.9 Å².